The molecule has 1 aliphatic heterocycles. The maximum atomic E-state index is 12.0. The molecule has 0 bridgehead atoms. The zero-order valence-corrected chi connectivity index (χ0v) is 15.7. The number of anilines is 1. The van der Waals surface area contributed by atoms with Crippen LogP contribution in [-0.4, -0.2) is 33.5 Å². The molecule has 0 radical (unpaired) electrons. The summed E-state index contributed by atoms with van der Waals surface area (Å²) in [5.41, 5.74) is 0.614. The molecule has 1 heterocycles. The minimum absolute atomic E-state index is 0. The van der Waals surface area contributed by atoms with Crippen LogP contribution in [0.2, 0.25) is 0 Å². The van der Waals surface area contributed by atoms with Crippen molar-refractivity contribution in [2.75, 3.05) is 18.4 Å². The molecule has 1 aromatic carbocycles. The van der Waals surface area contributed by atoms with Gasteiger partial charge in [0.05, 0.1) is 4.90 Å². The highest BCUT2D eigenvalue weighted by molar-refractivity contribution is 7.89. The highest BCUT2D eigenvalue weighted by Crippen LogP contribution is 2.17. The van der Waals surface area contributed by atoms with Crippen molar-refractivity contribution in [3.8, 4) is 0 Å². The van der Waals surface area contributed by atoms with Crippen LogP contribution in [0.15, 0.2) is 29.2 Å². The van der Waals surface area contributed by atoms with Crippen LogP contribution in [0.5, 0.6) is 0 Å². The summed E-state index contributed by atoms with van der Waals surface area (Å²) in [6, 6.07) is 6.07. The number of nitrogens with one attached hydrogen (secondary N) is 3. The highest BCUT2D eigenvalue weighted by Gasteiger charge is 2.17. The normalized spacial score (nSPS) is 17.5. The average Bonchev–Trinajstić information content (AvgIpc) is 2.97. The molecule has 1 amide bonds. The largest absolute Gasteiger partial charge is 0.326 e. The van der Waals surface area contributed by atoms with Gasteiger partial charge in [0.15, 0.2) is 0 Å². The minimum atomic E-state index is -3.50. The summed E-state index contributed by atoms with van der Waals surface area (Å²) >= 11 is 0. The molecule has 24 heavy (non-hydrogen) atoms. The van der Waals surface area contributed by atoms with Crippen molar-refractivity contribution < 1.29 is 13.2 Å². The second-order valence-electron chi connectivity index (χ2n) is 6.25. The molecular weight excluding hydrogens is 350 g/mol. The maximum absolute atomic E-state index is 12.0. The number of halogens is 1. The Labute approximate surface area is 150 Å². The standard InChI is InChI=1S/C16H25N3O3S.ClH/c1-12(2)19-23(21,22)15-6-4-14(5-7-15)18-16(20)8-3-13-9-10-17-11-13;/h4-7,12-13,17,19H,3,8-11H2,1-2H3,(H,18,20);1H. The van der Waals surface area contributed by atoms with E-state index < -0.39 is 10.0 Å². The number of rotatable bonds is 7. The van der Waals surface area contributed by atoms with E-state index >= 15 is 0 Å². The van der Waals surface area contributed by atoms with Crippen molar-refractivity contribution >= 4 is 34.0 Å². The molecule has 0 spiro atoms. The maximum Gasteiger partial charge on any atom is 0.240 e. The monoisotopic (exact) mass is 375 g/mol. The second-order valence-corrected chi connectivity index (χ2v) is 7.96. The molecule has 1 aliphatic rings. The molecule has 1 atom stereocenters. The van der Waals surface area contributed by atoms with E-state index in [-0.39, 0.29) is 29.3 Å². The van der Waals surface area contributed by atoms with Gasteiger partial charge in [0.2, 0.25) is 15.9 Å². The highest BCUT2D eigenvalue weighted by atomic mass is 35.5. The number of sulfonamides is 1. The van der Waals surface area contributed by atoms with E-state index in [9.17, 15) is 13.2 Å². The Bertz CT molecular complexity index is 626. The first-order valence-electron chi connectivity index (χ1n) is 8.00. The van der Waals surface area contributed by atoms with Gasteiger partial charge >= 0.3 is 0 Å². The molecule has 0 aromatic heterocycles. The van der Waals surface area contributed by atoms with Gasteiger partial charge in [-0.2, -0.15) is 0 Å². The van der Waals surface area contributed by atoms with E-state index in [1.54, 1.807) is 26.0 Å². The first kappa shape index (κ1) is 20.9. The smallest absolute Gasteiger partial charge is 0.240 e. The van der Waals surface area contributed by atoms with Crippen molar-refractivity contribution in [1.82, 2.24) is 10.0 Å². The van der Waals surface area contributed by atoms with Gasteiger partial charge in [0.25, 0.3) is 0 Å². The van der Waals surface area contributed by atoms with Crippen LogP contribution >= 0.6 is 12.4 Å². The molecule has 1 fully saturated rings. The molecule has 8 heteroatoms. The minimum Gasteiger partial charge on any atom is -0.326 e. The Morgan fingerprint density at radius 3 is 2.50 bits per heavy atom. The summed E-state index contributed by atoms with van der Waals surface area (Å²) in [6.07, 6.45) is 2.49. The predicted octanol–water partition coefficient (Wildman–Crippen LogP) is 2.12. The fourth-order valence-electron chi connectivity index (χ4n) is 2.62. The van der Waals surface area contributed by atoms with E-state index in [1.807, 2.05) is 0 Å². The van der Waals surface area contributed by atoms with Crippen LogP contribution in [0.1, 0.15) is 33.1 Å². The van der Waals surface area contributed by atoms with Crippen LogP contribution < -0.4 is 15.4 Å². The summed E-state index contributed by atoms with van der Waals surface area (Å²) in [5, 5.41) is 6.10. The van der Waals surface area contributed by atoms with Crippen LogP contribution in [-0.2, 0) is 14.8 Å². The Morgan fingerprint density at radius 1 is 1.29 bits per heavy atom. The van der Waals surface area contributed by atoms with Crippen LogP contribution in [0.25, 0.3) is 0 Å². The molecular formula is C16H26ClN3O3S. The molecule has 3 N–H and O–H groups in total. The molecule has 1 unspecified atom stereocenters. The van der Waals surface area contributed by atoms with E-state index in [4.69, 9.17) is 0 Å². The van der Waals surface area contributed by atoms with Gasteiger partial charge in [-0.25, -0.2) is 13.1 Å². The number of carbonyl (C=O) groups is 1. The van der Waals surface area contributed by atoms with Gasteiger partial charge in [-0.1, -0.05) is 0 Å². The molecule has 0 aliphatic carbocycles. The van der Waals surface area contributed by atoms with Crippen LogP contribution in [0, 0.1) is 5.92 Å². The fraction of sp³-hybridized carbons (Fsp3) is 0.562. The van der Waals surface area contributed by atoms with Crippen molar-refractivity contribution in [1.29, 1.82) is 0 Å². The first-order chi connectivity index (χ1) is 10.9. The summed E-state index contributed by atoms with van der Waals surface area (Å²) in [6.45, 7) is 5.56. The zero-order valence-electron chi connectivity index (χ0n) is 14.0. The van der Waals surface area contributed by atoms with Gasteiger partial charge < -0.3 is 10.6 Å². The predicted molar refractivity (Wildman–Crippen MR) is 98.0 cm³/mol. The third-order valence-corrected chi connectivity index (χ3v) is 5.46. The number of hydrogen-bond donors (Lipinski definition) is 3. The summed E-state index contributed by atoms with van der Waals surface area (Å²) < 4.78 is 26.6. The second kappa shape index (κ2) is 9.36. The third-order valence-electron chi connectivity index (χ3n) is 3.78. The molecule has 136 valence electrons. The average molecular weight is 376 g/mol. The number of hydrogen-bond acceptors (Lipinski definition) is 4. The molecule has 6 nitrogen and oxygen atoms in total. The molecule has 0 saturated carbocycles. The van der Waals surface area contributed by atoms with Gasteiger partial charge in [-0.15, -0.1) is 12.4 Å². The molecule has 1 aromatic rings. The fourth-order valence-corrected chi connectivity index (χ4v) is 3.87. The zero-order chi connectivity index (χ0) is 16.9. The van der Waals surface area contributed by atoms with Gasteiger partial charge in [-0.05, 0) is 70.0 Å². The van der Waals surface area contributed by atoms with Crippen molar-refractivity contribution in [2.24, 2.45) is 5.92 Å². The van der Waals surface area contributed by atoms with Crippen LogP contribution in [0.3, 0.4) is 0 Å². The van der Waals surface area contributed by atoms with E-state index in [1.165, 1.54) is 12.1 Å². The Kier molecular flexibility index (Phi) is 8.15. The topological polar surface area (TPSA) is 87.3 Å². The lowest BCUT2D eigenvalue weighted by molar-refractivity contribution is -0.116. The quantitative estimate of drug-likeness (QED) is 0.681. The van der Waals surface area contributed by atoms with E-state index in [0.29, 0.717) is 18.0 Å². The van der Waals surface area contributed by atoms with Gasteiger partial charge in [0, 0.05) is 18.2 Å². The Balaban J connectivity index is 0.00000288. The molecule has 2 rings (SSSR count). The summed E-state index contributed by atoms with van der Waals surface area (Å²) in [7, 11) is -3.50. The summed E-state index contributed by atoms with van der Waals surface area (Å²) in [4.78, 5) is 12.1. The van der Waals surface area contributed by atoms with Crippen molar-refractivity contribution in [3.63, 3.8) is 0 Å². The lowest BCUT2D eigenvalue weighted by Crippen LogP contribution is -2.30. The molecule has 1 saturated heterocycles. The Morgan fingerprint density at radius 2 is 1.96 bits per heavy atom. The van der Waals surface area contributed by atoms with Crippen molar-refractivity contribution in [2.45, 2.75) is 44.0 Å². The first-order valence-corrected chi connectivity index (χ1v) is 9.48. The lowest BCUT2D eigenvalue weighted by Gasteiger charge is -2.11. The number of carbonyl (C=O) groups excluding carboxylic acids is 1. The third kappa shape index (κ3) is 6.39. The van der Waals surface area contributed by atoms with Crippen LogP contribution in [0.4, 0.5) is 5.69 Å². The van der Waals surface area contributed by atoms with Crippen molar-refractivity contribution in [3.05, 3.63) is 24.3 Å². The van der Waals surface area contributed by atoms with Gasteiger partial charge in [0.1, 0.15) is 0 Å². The number of benzene rings is 1. The van der Waals surface area contributed by atoms with E-state index in [0.717, 1.165) is 25.9 Å². The van der Waals surface area contributed by atoms with Gasteiger partial charge in [-0.3, -0.25) is 4.79 Å². The SMILES string of the molecule is CC(C)NS(=O)(=O)c1ccc(NC(=O)CCC2CCNC2)cc1.Cl. The number of amides is 1. The van der Waals surface area contributed by atoms with E-state index in [2.05, 4.69) is 15.4 Å². The summed E-state index contributed by atoms with van der Waals surface area (Å²) in [5.74, 6) is 0.545. The Hall–Kier alpha value is -1.15. The lowest BCUT2D eigenvalue weighted by atomic mass is 10.0.